The molecule has 116 valence electrons. The van der Waals surface area contributed by atoms with Gasteiger partial charge in [0, 0.05) is 11.6 Å². The third kappa shape index (κ3) is 3.14. The Bertz CT molecular complexity index is 889. The predicted octanol–water partition coefficient (Wildman–Crippen LogP) is 1.99. The average molecular weight is 330 g/mol. The van der Waals surface area contributed by atoms with Crippen LogP contribution >= 0.6 is 11.6 Å². The number of carbonyl (C=O) groups excluding carboxylic acids is 2. The van der Waals surface area contributed by atoms with Gasteiger partial charge in [0.1, 0.15) is 5.15 Å². The Labute approximate surface area is 136 Å². The van der Waals surface area contributed by atoms with Gasteiger partial charge in [0.25, 0.3) is 11.8 Å². The summed E-state index contributed by atoms with van der Waals surface area (Å²) >= 11 is 5.66. The molecule has 3 aromatic rings. The van der Waals surface area contributed by atoms with Crippen LogP contribution < -0.4 is 10.9 Å². The highest BCUT2D eigenvalue weighted by Gasteiger charge is 2.15. The zero-order valence-electron chi connectivity index (χ0n) is 12.1. The first-order valence-corrected chi connectivity index (χ1v) is 7.09. The molecule has 8 heteroatoms. The van der Waals surface area contributed by atoms with Crippen LogP contribution in [-0.2, 0) is 0 Å². The SMILES string of the molecule is Cc1ccc2[nH]nc(C(=O)NNC(=O)c3ccc(Cl)nc3)c2c1. The summed E-state index contributed by atoms with van der Waals surface area (Å²) in [6.07, 6.45) is 1.32. The van der Waals surface area contributed by atoms with E-state index in [-0.39, 0.29) is 16.4 Å². The van der Waals surface area contributed by atoms with E-state index in [4.69, 9.17) is 11.6 Å². The third-order valence-electron chi connectivity index (χ3n) is 3.21. The highest BCUT2D eigenvalue weighted by molar-refractivity contribution is 6.29. The van der Waals surface area contributed by atoms with Crippen LogP contribution in [0.5, 0.6) is 0 Å². The number of hydrogen-bond donors (Lipinski definition) is 3. The monoisotopic (exact) mass is 329 g/mol. The minimum atomic E-state index is -0.517. The van der Waals surface area contributed by atoms with Crippen LogP contribution in [-0.4, -0.2) is 27.0 Å². The molecular formula is C15H12ClN5O2. The standard InChI is InChI=1S/C15H12ClN5O2/c1-8-2-4-11-10(6-8)13(19-18-11)15(23)21-20-14(22)9-3-5-12(16)17-7-9/h2-7H,1H3,(H,18,19)(H,20,22)(H,21,23). The zero-order chi connectivity index (χ0) is 16.4. The fourth-order valence-electron chi connectivity index (χ4n) is 2.06. The minimum absolute atomic E-state index is 0.207. The van der Waals surface area contributed by atoms with Crippen molar-refractivity contribution in [2.24, 2.45) is 0 Å². The van der Waals surface area contributed by atoms with Gasteiger partial charge in [0.2, 0.25) is 0 Å². The van der Waals surface area contributed by atoms with Crippen molar-refractivity contribution in [3.05, 3.63) is 58.5 Å². The molecule has 0 fully saturated rings. The Kier molecular flexibility index (Phi) is 3.94. The first-order chi connectivity index (χ1) is 11.0. The summed E-state index contributed by atoms with van der Waals surface area (Å²) in [6.45, 7) is 1.92. The summed E-state index contributed by atoms with van der Waals surface area (Å²) in [7, 11) is 0. The maximum Gasteiger partial charge on any atom is 0.290 e. The summed E-state index contributed by atoms with van der Waals surface area (Å²) in [5.41, 5.74) is 6.87. The fourth-order valence-corrected chi connectivity index (χ4v) is 2.17. The van der Waals surface area contributed by atoms with Crippen LogP contribution in [0.3, 0.4) is 0 Å². The molecule has 7 nitrogen and oxygen atoms in total. The molecule has 3 rings (SSSR count). The maximum absolute atomic E-state index is 12.2. The quantitative estimate of drug-likeness (QED) is 0.494. The Morgan fingerprint density at radius 3 is 2.65 bits per heavy atom. The predicted molar refractivity (Wildman–Crippen MR) is 85.0 cm³/mol. The van der Waals surface area contributed by atoms with Gasteiger partial charge in [-0.15, -0.1) is 0 Å². The summed E-state index contributed by atoms with van der Waals surface area (Å²) in [5, 5.41) is 7.72. The Hall–Kier alpha value is -2.93. The maximum atomic E-state index is 12.2. The molecule has 0 spiro atoms. The Balaban J connectivity index is 1.72. The summed E-state index contributed by atoms with van der Waals surface area (Å²) in [6, 6.07) is 8.59. The van der Waals surface area contributed by atoms with Gasteiger partial charge in [-0.3, -0.25) is 25.5 Å². The van der Waals surface area contributed by atoms with Crippen molar-refractivity contribution in [3.8, 4) is 0 Å². The first kappa shape index (κ1) is 15.0. The van der Waals surface area contributed by atoms with Crippen molar-refractivity contribution in [3.63, 3.8) is 0 Å². The van der Waals surface area contributed by atoms with Gasteiger partial charge < -0.3 is 0 Å². The van der Waals surface area contributed by atoms with Gasteiger partial charge in [0.15, 0.2) is 5.69 Å². The summed E-state index contributed by atoms with van der Waals surface area (Å²) in [4.78, 5) is 27.9. The number of aromatic amines is 1. The molecule has 0 atom stereocenters. The number of H-pyrrole nitrogens is 1. The number of aryl methyl sites for hydroxylation is 1. The Morgan fingerprint density at radius 1 is 1.13 bits per heavy atom. The number of fused-ring (bicyclic) bond motifs is 1. The molecule has 2 amide bonds. The molecular weight excluding hydrogens is 318 g/mol. The zero-order valence-corrected chi connectivity index (χ0v) is 12.8. The normalized spacial score (nSPS) is 10.5. The van der Waals surface area contributed by atoms with E-state index >= 15 is 0 Å². The van der Waals surface area contributed by atoms with Crippen molar-refractivity contribution >= 4 is 34.3 Å². The van der Waals surface area contributed by atoms with Crippen LogP contribution in [0.15, 0.2) is 36.5 Å². The molecule has 0 aliphatic rings. The van der Waals surface area contributed by atoms with E-state index < -0.39 is 11.8 Å². The van der Waals surface area contributed by atoms with Gasteiger partial charge in [0.05, 0.1) is 11.1 Å². The fraction of sp³-hybridized carbons (Fsp3) is 0.0667. The minimum Gasteiger partial charge on any atom is -0.277 e. The molecule has 0 aliphatic carbocycles. The molecule has 0 unspecified atom stereocenters. The average Bonchev–Trinajstić information content (AvgIpc) is 2.96. The number of hydrazine groups is 1. The molecule has 0 bridgehead atoms. The number of amides is 2. The van der Waals surface area contributed by atoms with Crippen LogP contribution in [0.25, 0.3) is 10.9 Å². The van der Waals surface area contributed by atoms with Gasteiger partial charge >= 0.3 is 0 Å². The number of pyridine rings is 1. The van der Waals surface area contributed by atoms with E-state index in [1.165, 1.54) is 18.3 Å². The number of nitrogens with zero attached hydrogens (tertiary/aromatic N) is 2. The van der Waals surface area contributed by atoms with Gasteiger partial charge in [-0.25, -0.2) is 4.98 Å². The lowest BCUT2D eigenvalue weighted by atomic mass is 10.1. The highest BCUT2D eigenvalue weighted by atomic mass is 35.5. The van der Waals surface area contributed by atoms with E-state index in [0.29, 0.717) is 5.39 Å². The molecule has 0 saturated heterocycles. The van der Waals surface area contributed by atoms with Crippen LogP contribution in [0.1, 0.15) is 26.4 Å². The lowest BCUT2D eigenvalue weighted by Gasteiger charge is -2.06. The van der Waals surface area contributed by atoms with Gasteiger partial charge in [-0.1, -0.05) is 23.2 Å². The number of aromatic nitrogens is 3. The number of benzene rings is 1. The van der Waals surface area contributed by atoms with E-state index in [2.05, 4.69) is 26.0 Å². The lowest BCUT2D eigenvalue weighted by Crippen LogP contribution is -2.41. The number of carbonyl (C=O) groups is 2. The van der Waals surface area contributed by atoms with E-state index in [1.807, 2.05) is 25.1 Å². The largest absolute Gasteiger partial charge is 0.290 e. The first-order valence-electron chi connectivity index (χ1n) is 6.71. The second-order valence-corrected chi connectivity index (χ2v) is 5.29. The van der Waals surface area contributed by atoms with Crippen molar-refractivity contribution < 1.29 is 9.59 Å². The van der Waals surface area contributed by atoms with E-state index in [1.54, 1.807) is 0 Å². The number of nitrogens with one attached hydrogen (secondary N) is 3. The molecule has 23 heavy (non-hydrogen) atoms. The molecule has 0 saturated carbocycles. The van der Waals surface area contributed by atoms with Crippen molar-refractivity contribution in [1.82, 2.24) is 26.0 Å². The highest BCUT2D eigenvalue weighted by Crippen LogP contribution is 2.17. The molecule has 2 heterocycles. The molecule has 0 aliphatic heterocycles. The smallest absolute Gasteiger partial charge is 0.277 e. The number of hydrogen-bond acceptors (Lipinski definition) is 4. The second-order valence-electron chi connectivity index (χ2n) is 4.90. The van der Waals surface area contributed by atoms with E-state index in [0.717, 1.165) is 11.1 Å². The Morgan fingerprint density at radius 2 is 1.91 bits per heavy atom. The lowest BCUT2D eigenvalue weighted by molar-refractivity contribution is 0.0844. The third-order valence-corrected chi connectivity index (χ3v) is 3.44. The second kappa shape index (κ2) is 6.05. The summed E-state index contributed by atoms with van der Waals surface area (Å²) in [5.74, 6) is -1.02. The summed E-state index contributed by atoms with van der Waals surface area (Å²) < 4.78 is 0. The molecule has 1 aromatic carbocycles. The van der Waals surface area contributed by atoms with Crippen LogP contribution in [0, 0.1) is 6.92 Å². The molecule has 3 N–H and O–H groups in total. The van der Waals surface area contributed by atoms with Crippen molar-refractivity contribution in [2.45, 2.75) is 6.92 Å². The number of halogens is 1. The molecule has 0 radical (unpaired) electrons. The van der Waals surface area contributed by atoms with Gasteiger partial charge in [-0.2, -0.15) is 5.10 Å². The van der Waals surface area contributed by atoms with Crippen LogP contribution in [0.2, 0.25) is 5.15 Å². The van der Waals surface area contributed by atoms with Crippen LogP contribution in [0.4, 0.5) is 0 Å². The van der Waals surface area contributed by atoms with Crippen molar-refractivity contribution in [1.29, 1.82) is 0 Å². The van der Waals surface area contributed by atoms with E-state index in [9.17, 15) is 9.59 Å². The number of rotatable bonds is 2. The molecule has 2 aromatic heterocycles. The topological polar surface area (TPSA) is 99.8 Å². The van der Waals surface area contributed by atoms with Gasteiger partial charge in [-0.05, 0) is 31.2 Å². The van der Waals surface area contributed by atoms with Crippen molar-refractivity contribution in [2.75, 3.05) is 0 Å².